The molecule has 2 atom stereocenters. The van der Waals surface area contributed by atoms with Crippen molar-refractivity contribution in [1.29, 1.82) is 0 Å². The van der Waals surface area contributed by atoms with E-state index in [1.54, 1.807) is 13.0 Å². The van der Waals surface area contributed by atoms with E-state index in [2.05, 4.69) is 5.32 Å². The quantitative estimate of drug-likeness (QED) is 0.823. The minimum atomic E-state index is -4.34. The van der Waals surface area contributed by atoms with Crippen LogP contribution in [0.5, 0.6) is 0 Å². The molecule has 1 amide bonds. The van der Waals surface area contributed by atoms with E-state index in [0.29, 0.717) is 18.4 Å². The molecule has 1 aliphatic rings. The van der Waals surface area contributed by atoms with Crippen LogP contribution < -0.4 is 5.32 Å². The molecule has 1 saturated carbocycles. The van der Waals surface area contributed by atoms with Gasteiger partial charge in [-0.1, -0.05) is 18.9 Å². The maximum atomic E-state index is 13.7. The van der Waals surface area contributed by atoms with Gasteiger partial charge in [-0.25, -0.2) is 4.39 Å². The zero-order valence-corrected chi connectivity index (χ0v) is 11.6. The topological polar surface area (TPSA) is 29.1 Å². The fourth-order valence-electron chi connectivity index (χ4n) is 2.75. The third kappa shape index (κ3) is 3.74. The van der Waals surface area contributed by atoms with Gasteiger partial charge >= 0.3 is 6.18 Å². The lowest BCUT2D eigenvalue weighted by Gasteiger charge is -2.33. The summed E-state index contributed by atoms with van der Waals surface area (Å²) < 4.78 is 52.6. The Morgan fingerprint density at radius 1 is 1.24 bits per heavy atom. The van der Waals surface area contributed by atoms with Crippen molar-refractivity contribution in [3.05, 3.63) is 35.1 Å². The number of halogens is 4. The summed E-state index contributed by atoms with van der Waals surface area (Å²) in [5.74, 6) is -3.05. The van der Waals surface area contributed by atoms with Crippen molar-refractivity contribution >= 4 is 5.91 Å². The lowest BCUT2D eigenvalue weighted by Crippen LogP contribution is -2.47. The molecule has 2 rings (SSSR count). The Labute approximate surface area is 120 Å². The standard InChI is InChI=1S/C15H17F4NO/c1-9-6-7-10(12(16)8-9)14(21)20-13-5-3-2-4-11(13)15(17,18)19/h6-8,11,13H,2-5H2,1H3,(H,20,21). The van der Waals surface area contributed by atoms with Crippen LogP contribution in [0.4, 0.5) is 17.6 Å². The molecular weight excluding hydrogens is 286 g/mol. The van der Waals surface area contributed by atoms with Crippen molar-refractivity contribution in [1.82, 2.24) is 5.32 Å². The lowest BCUT2D eigenvalue weighted by atomic mass is 9.84. The number of carbonyl (C=O) groups excluding carboxylic acids is 1. The van der Waals surface area contributed by atoms with E-state index in [4.69, 9.17) is 0 Å². The molecule has 1 fully saturated rings. The molecule has 1 aromatic carbocycles. The summed E-state index contributed by atoms with van der Waals surface area (Å²) in [6, 6.07) is 3.06. The highest BCUT2D eigenvalue weighted by molar-refractivity contribution is 5.94. The van der Waals surface area contributed by atoms with Gasteiger partial charge in [-0.3, -0.25) is 4.79 Å². The number of nitrogens with one attached hydrogen (secondary N) is 1. The number of hydrogen-bond acceptors (Lipinski definition) is 1. The van der Waals surface area contributed by atoms with Gasteiger partial charge in [0, 0.05) is 6.04 Å². The number of rotatable bonds is 2. The first kappa shape index (κ1) is 15.8. The number of benzene rings is 1. The van der Waals surface area contributed by atoms with E-state index in [0.717, 1.165) is 0 Å². The molecule has 6 heteroatoms. The molecule has 116 valence electrons. The van der Waals surface area contributed by atoms with E-state index < -0.39 is 29.9 Å². The summed E-state index contributed by atoms with van der Waals surface area (Å²) >= 11 is 0. The summed E-state index contributed by atoms with van der Waals surface area (Å²) in [5, 5.41) is 2.35. The molecule has 0 bridgehead atoms. The predicted molar refractivity (Wildman–Crippen MR) is 70.4 cm³/mol. The second kappa shape index (κ2) is 6.03. The van der Waals surface area contributed by atoms with E-state index in [-0.39, 0.29) is 18.4 Å². The normalized spacial score (nSPS) is 22.9. The minimum Gasteiger partial charge on any atom is -0.349 e. The fourth-order valence-corrected chi connectivity index (χ4v) is 2.75. The van der Waals surface area contributed by atoms with Gasteiger partial charge in [-0.05, 0) is 37.5 Å². The highest BCUT2D eigenvalue weighted by atomic mass is 19.4. The molecule has 21 heavy (non-hydrogen) atoms. The lowest BCUT2D eigenvalue weighted by molar-refractivity contribution is -0.187. The largest absolute Gasteiger partial charge is 0.393 e. The smallest absolute Gasteiger partial charge is 0.349 e. The fraction of sp³-hybridized carbons (Fsp3) is 0.533. The van der Waals surface area contributed by atoms with Crippen LogP contribution in [0.2, 0.25) is 0 Å². The van der Waals surface area contributed by atoms with Gasteiger partial charge < -0.3 is 5.32 Å². The van der Waals surface area contributed by atoms with Crippen molar-refractivity contribution < 1.29 is 22.4 Å². The maximum absolute atomic E-state index is 13.7. The predicted octanol–water partition coefficient (Wildman–Crippen LogP) is 3.99. The Morgan fingerprint density at radius 3 is 2.52 bits per heavy atom. The monoisotopic (exact) mass is 303 g/mol. The third-order valence-corrected chi connectivity index (χ3v) is 3.87. The number of hydrogen-bond donors (Lipinski definition) is 1. The van der Waals surface area contributed by atoms with Crippen LogP contribution in [-0.2, 0) is 0 Å². The van der Waals surface area contributed by atoms with Crippen LogP contribution in [0.1, 0.15) is 41.6 Å². The molecule has 2 nitrogen and oxygen atoms in total. The Balaban J connectivity index is 2.13. The second-order valence-corrected chi connectivity index (χ2v) is 5.50. The van der Waals surface area contributed by atoms with Crippen LogP contribution in [-0.4, -0.2) is 18.1 Å². The van der Waals surface area contributed by atoms with Gasteiger partial charge in [0.1, 0.15) is 5.82 Å². The zero-order chi connectivity index (χ0) is 15.6. The van der Waals surface area contributed by atoms with Crippen LogP contribution in [0.25, 0.3) is 0 Å². The minimum absolute atomic E-state index is 0.00479. The molecular formula is C15H17F4NO. The van der Waals surface area contributed by atoms with E-state index in [1.807, 2.05) is 0 Å². The van der Waals surface area contributed by atoms with Crippen LogP contribution in [0.15, 0.2) is 18.2 Å². The Morgan fingerprint density at radius 2 is 1.90 bits per heavy atom. The van der Waals surface area contributed by atoms with Crippen molar-refractivity contribution in [3.63, 3.8) is 0 Å². The molecule has 1 aromatic rings. The Bertz CT molecular complexity index is 527. The van der Waals surface area contributed by atoms with E-state index in [1.165, 1.54) is 12.1 Å². The number of amides is 1. The van der Waals surface area contributed by atoms with E-state index in [9.17, 15) is 22.4 Å². The third-order valence-electron chi connectivity index (χ3n) is 3.87. The molecule has 0 heterocycles. The van der Waals surface area contributed by atoms with Crippen molar-refractivity contribution in [2.45, 2.75) is 44.8 Å². The Hall–Kier alpha value is -1.59. The summed E-state index contributed by atoms with van der Waals surface area (Å²) in [5.41, 5.74) is 0.432. The first-order valence-electron chi connectivity index (χ1n) is 6.93. The van der Waals surface area contributed by atoms with Crippen LogP contribution >= 0.6 is 0 Å². The van der Waals surface area contributed by atoms with Gasteiger partial charge in [0.25, 0.3) is 5.91 Å². The molecule has 0 spiro atoms. The first-order valence-corrected chi connectivity index (χ1v) is 6.93. The van der Waals surface area contributed by atoms with Crippen LogP contribution in [0, 0.1) is 18.7 Å². The highest BCUT2D eigenvalue weighted by Gasteiger charge is 2.46. The summed E-state index contributed by atoms with van der Waals surface area (Å²) in [6.07, 6.45) is -2.94. The summed E-state index contributed by atoms with van der Waals surface area (Å²) in [6.45, 7) is 1.67. The molecule has 0 aliphatic heterocycles. The van der Waals surface area contributed by atoms with Crippen molar-refractivity contribution in [2.24, 2.45) is 5.92 Å². The first-order chi connectivity index (χ1) is 9.79. The van der Waals surface area contributed by atoms with Crippen molar-refractivity contribution in [3.8, 4) is 0 Å². The molecule has 0 aromatic heterocycles. The molecule has 0 saturated heterocycles. The maximum Gasteiger partial charge on any atom is 0.393 e. The summed E-state index contributed by atoms with van der Waals surface area (Å²) in [4.78, 5) is 12.0. The van der Waals surface area contributed by atoms with Crippen molar-refractivity contribution in [2.75, 3.05) is 0 Å². The summed E-state index contributed by atoms with van der Waals surface area (Å²) in [7, 11) is 0. The van der Waals surface area contributed by atoms with Gasteiger partial charge in [-0.15, -0.1) is 0 Å². The second-order valence-electron chi connectivity index (χ2n) is 5.50. The van der Waals surface area contributed by atoms with Crippen LogP contribution in [0.3, 0.4) is 0 Å². The molecule has 1 aliphatic carbocycles. The zero-order valence-electron chi connectivity index (χ0n) is 11.6. The average molecular weight is 303 g/mol. The SMILES string of the molecule is Cc1ccc(C(=O)NC2CCCCC2C(F)(F)F)c(F)c1. The number of alkyl halides is 3. The molecule has 1 N–H and O–H groups in total. The van der Waals surface area contributed by atoms with Gasteiger partial charge in [-0.2, -0.15) is 13.2 Å². The number of aryl methyl sites for hydroxylation is 1. The molecule has 2 unspecified atom stereocenters. The average Bonchev–Trinajstić information content (AvgIpc) is 2.37. The highest BCUT2D eigenvalue weighted by Crippen LogP contribution is 2.37. The van der Waals surface area contributed by atoms with Gasteiger partial charge in [0.05, 0.1) is 11.5 Å². The number of carbonyl (C=O) groups is 1. The Kier molecular flexibility index (Phi) is 4.54. The van der Waals surface area contributed by atoms with E-state index >= 15 is 0 Å². The van der Waals surface area contributed by atoms with Gasteiger partial charge in [0.15, 0.2) is 0 Å². The van der Waals surface area contributed by atoms with Gasteiger partial charge in [0.2, 0.25) is 0 Å². The molecule has 0 radical (unpaired) electrons.